The second-order valence-electron chi connectivity index (χ2n) is 6.16. The number of amides is 2. The van der Waals surface area contributed by atoms with Gasteiger partial charge in [0.1, 0.15) is 6.04 Å². The Hall–Kier alpha value is -2.48. The molecule has 0 aliphatic carbocycles. The van der Waals surface area contributed by atoms with Crippen molar-refractivity contribution in [1.82, 2.24) is 15.5 Å². The SMILES string of the molecule is CNCCCNC(=O)C1CCCN1C(=O)c1ccc([N+](=O)[O-])c(C)c1. The summed E-state index contributed by atoms with van der Waals surface area (Å²) in [5, 5.41) is 16.8. The molecule has 2 N–H and O–H groups in total. The second kappa shape index (κ2) is 8.57. The number of benzene rings is 1. The monoisotopic (exact) mass is 348 g/mol. The molecule has 1 heterocycles. The molecular weight excluding hydrogens is 324 g/mol. The number of likely N-dealkylation sites (tertiary alicyclic amines) is 1. The van der Waals surface area contributed by atoms with Crippen molar-refractivity contribution in [2.45, 2.75) is 32.2 Å². The average Bonchev–Trinajstić information content (AvgIpc) is 3.07. The first-order chi connectivity index (χ1) is 12.0. The van der Waals surface area contributed by atoms with Crippen LogP contribution >= 0.6 is 0 Å². The summed E-state index contributed by atoms with van der Waals surface area (Å²) in [6, 6.07) is 3.83. The Bertz CT molecular complexity index is 662. The molecule has 136 valence electrons. The van der Waals surface area contributed by atoms with E-state index >= 15 is 0 Å². The number of aryl methyl sites for hydroxylation is 1. The molecule has 2 rings (SSSR count). The van der Waals surface area contributed by atoms with Gasteiger partial charge in [0.15, 0.2) is 0 Å². The fraction of sp³-hybridized carbons (Fsp3) is 0.529. The van der Waals surface area contributed by atoms with Crippen LogP contribution in [-0.2, 0) is 4.79 Å². The summed E-state index contributed by atoms with van der Waals surface area (Å²) in [7, 11) is 1.85. The minimum absolute atomic E-state index is 0.0169. The summed E-state index contributed by atoms with van der Waals surface area (Å²) in [6.45, 7) is 3.50. The Labute approximate surface area is 146 Å². The van der Waals surface area contributed by atoms with E-state index in [0.29, 0.717) is 30.6 Å². The summed E-state index contributed by atoms with van der Waals surface area (Å²) in [5.41, 5.74) is 0.790. The van der Waals surface area contributed by atoms with Gasteiger partial charge in [0.05, 0.1) is 4.92 Å². The zero-order valence-corrected chi connectivity index (χ0v) is 14.6. The van der Waals surface area contributed by atoms with Gasteiger partial charge in [-0.15, -0.1) is 0 Å². The first-order valence-corrected chi connectivity index (χ1v) is 8.44. The molecule has 1 fully saturated rings. The molecule has 0 saturated carbocycles. The molecule has 0 bridgehead atoms. The van der Waals surface area contributed by atoms with Crippen molar-refractivity contribution in [2.75, 3.05) is 26.7 Å². The van der Waals surface area contributed by atoms with Crippen LogP contribution < -0.4 is 10.6 Å². The maximum atomic E-state index is 12.7. The van der Waals surface area contributed by atoms with Gasteiger partial charge in [-0.25, -0.2) is 0 Å². The highest BCUT2D eigenvalue weighted by molar-refractivity contribution is 5.98. The van der Waals surface area contributed by atoms with Crippen molar-refractivity contribution >= 4 is 17.5 Å². The van der Waals surface area contributed by atoms with E-state index in [2.05, 4.69) is 10.6 Å². The summed E-state index contributed by atoms with van der Waals surface area (Å²) in [4.78, 5) is 37.1. The first kappa shape index (κ1) is 18.9. The van der Waals surface area contributed by atoms with Gasteiger partial charge in [-0.1, -0.05) is 0 Å². The topological polar surface area (TPSA) is 105 Å². The number of nitro benzene ring substituents is 1. The number of nitrogens with one attached hydrogen (secondary N) is 2. The van der Waals surface area contributed by atoms with Crippen molar-refractivity contribution < 1.29 is 14.5 Å². The van der Waals surface area contributed by atoms with Crippen LogP contribution in [0.15, 0.2) is 18.2 Å². The summed E-state index contributed by atoms with van der Waals surface area (Å²) in [5.74, 6) is -0.397. The third kappa shape index (κ3) is 4.54. The van der Waals surface area contributed by atoms with Crippen LogP contribution in [0.3, 0.4) is 0 Å². The fourth-order valence-corrected chi connectivity index (χ4v) is 3.04. The smallest absolute Gasteiger partial charge is 0.272 e. The molecule has 1 saturated heterocycles. The van der Waals surface area contributed by atoms with Crippen LogP contribution in [0.25, 0.3) is 0 Å². The predicted octanol–water partition coefficient (Wildman–Crippen LogP) is 1.23. The molecule has 8 heteroatoms. The van der Waals surface area contributed by atoms with Crippen LogP contribution in [0.2, 0.25) is 0 Å². The summed E-state index contributed by atoms with van der Waals surface area (Å²) < 4.78 is 0. The Morgan fingerprint density at radius 1 is 1.36 bits per heavy atom. The maximum Gasteiger partial charge on any atom is 0.272 e. The Kier molecular flexibility index (Phi) is 6.46. The van der Waals surface area contributed by atoms with Crippen LogP contribution in [0.4, 0.5) is 5.69 Å². The fourth-order valence-electron chi connectivity index (χ4n) is 3.04. The molecule has 0 radical (unpaired) electrons. The Morgan fingerprint density at radius 3 is 2.76 bits per heavy atom. The molecule has 0 spiro atoms. The minimum Gasteiger partial charge on any atom is -0.354 e. The molecule has 1 aromatic rings. The minimum atomic E-state index is -0.474. The van der Waals surface area contributed by atoms with Crippen molar-refractivity contribution in [2.24, 2.45) is 0 Å². The highest BCUT2D eigenvalue weighted by Crippen LogP contribution is 2.23. The van der Waals surface area contributed by atoms with Crippen LogP contribution in [-0.4, -0.2) is 54.4 Å². The zero-order chi connectivity index (χ0) is 18.4. The van der Waals surface area contributed by atoms with Gasteiger partial charge in [0.25, 0.3) is 11.6 Å². The van der Waals surface area contributed by atoms with E-state index in [0.717, 1.165) is 19.4 Å². The van der Waals surface area contributed by atoms with Crippen molar-refractivity contribution in [1.29, 1.82) is 0 Å². The maximum absolute atomic E-state index is 12.7. The van der Waals surface area contributed by atoms with Crippen molar-refractivity contribution in [3.63, 3.8) is 0 Å². The third-order valence-corrected chi connectivity index (χ3v) is 4.36. The van der Waals surface area contributed by atoms with Gasteiger partial charge in [0, 0.05) is 30.3 Å². The number of carbonyl (C=O) groups excluding carboxylic acids is 2. The second-order valence-corrected chi connectivity index (χ2v) is 6.16. The lowest BCUT2D eigenvalue weighted by Gasteiger charge is -2.24. The molecule has 25 heavy (non-hydrogen) atoms. The molecule has 1 aliphatic rings. The van der Waals surface area contributed by atoms with E-state index in [9.17, 15) is 19.7 Å². The number of rotatable bonds is 7. The highest BCUT2D eigenvalue weighted by Gasteiger charge is 2.34. The standard InChI is InChI=1S/C17H24N4O4/c1-12-11-13(6-7-14(12)21(24)25)17(23)20-10-3-5-15(20)16(22)19-9-4-8-18-2/h6-7,11,15,18H,3-5,8-10H2,1-2H3,(H,19,22). The van der Waals surface area contributed by atoms with E-state index < -0.39 is 11.0 Å². The molecule has 1 aromatic carbocycles. The van der Waals surface area contributed by atoms with E-state index in [1.54, 1.807) is 11.8 Å². The molecule has 2 amide bonds. The number of nitro groups is 1. The molecular formula is C17H24N4O4. The van der Waals surface area contributed by atoms with Gasteiger partial charge in [0.2, 0.25) is 5.91 Å². The quantitative estimate of drug-likeness (QED) is 0.438. The van der Waals surface area contributed by atoms with Crippen molar-refractivity contribution in [3.05, 3.63) is 39.4 Å². The first-order valence-electron chi connectivity index (χ1n) is 8.44. The number of hydrogen-bond donors (Lipinski definition) is 2. The molecule has 1 atom stereocenters. The van der Waals surface area contributed by atoms with Crippen molar-refractivity contribution in [3.8, 4) is 0 Å². The largest absolute Gasteiger partial charge is 0.354 e. The van der Waals surface area contributed by atoms with Gasteiger partial charge >= 0.3 is 0 Å². The van der Waals surface area contributed by atoms with Crippen LogP contribution in [0.1, 0.15) is 35.2 Å². The summed E-state index contributed by atoms with van der Waals surface area (Å²) in [6.07, 6.45) is 2.23. The third-order valence-electron chi connectivity index (χ3n) is 4.36. The van der Waals surface area contributed by atoms with Gasteiger partial charge in [-0.3, -0.25) is 19.7 Å². The molecule has 0 aromatic heterocycles. The van der Waals surface area contributed by atoms with Gasteiger partial charge in [-0.05, 0) is 51.9 Å². The summed E-state index contributed by atoms with van der Waals surface area (Å²) >= 11 is 0. The Balaban J connectivity index is 2.06. The van der Waals surface area contributed by atoms with Gasteiger partial charge in [-0.2, -0.15) is 0 Å². The van der Waals surface area contributed by atoms with E-state index in [-0.39, 0.29) is 17.5 Å². The van der Waals surface area contributed by atoms with E-state index in [1.807, 2.05) is 7.05 Å². The number of hydrogen-bond acceptors (Lipinski definition) is 5. The predicted molar refractivity (Wildman–Crippen MR) is 93.4 cm³/mol. The Morgan fingerprint density at radius 2 is 2.12 bits per heavy atom. The lowest BCUT2D eigenvalue weighted by molar-refractivity contribution is -0.385. The molecule has 1 aliphatic heterocycles. The lowest BCUT2D eigenvalue weighted by atomic mass is 10.1. The molecule has 8 nitrogen and oxygen atoms in total. The van der Waals surface area contributed by atoms with Gasteiger partial charge < -0.3 is 15.5 Å². The molecule has 1 unspecified atom stereocenters. The average molecular weight is 348 g/mol. The lowest BCUT2D eigenvalue weighted by Crippen LogP contribution is -2.46. The van der Waals surface area contributed by atoms with E-state index in [4.69, 9.17) is 0 Å². The van der Waals surface area contributed by atoms with Crippen LogP contribution in [0.5, 0.6) is 0 Å². The number of carbonyl (C=O) groups is 2. The number of nitrogens with zero attached hydrogens (tertiary/aromatic N) is 2. The van der Waals surface area contributed by atoms with Crippen LogP contribution in [0, 0.1) is 17.0 Å². The van der Waals surface area contributed by atoms with E-state index in [1.165, 1.54) is 18.2 Å². The zero-order valence-electron chi connectivity index (χ0n) is 14.6. The normalized spacial score (nSPS) is 16.7. The highest BCUT2D eigenvalue weighted by atomic mass is 16.6.